The lowest BCUT2D eigenvalue weighted by atomic mass is 9.80. The van der Waals surface area contributed by atoms with Crippen molar-refractivity contribution in [2.75, 3.05) is 24.4 Å². The average Bonchev–Trinajstić information content (AvgIpc) is 2.30. The van der Waals surface area contributed by atoms with Gasteiger partial charge in [0.05, 0.1) is 10.1 Å². The number of nitrogens with zero attached hydrogens (tertiary/aromatic N) is 2. The average molecular weight is 302 g/mol. The van der Waals surface area contributed by atoms with E-state index >= 15 is 0 Å². The van der Waals surface area contributed by atoms with Crippen molar-refractivity contribution in [2.24, 2.45) is 5.84 Å². The highest BCUT2D eigenvalue weighted by atomic mass is 79.9. The minimum Gasteiger partial charge on any atom is -0.376 e. The third-order valence-electron chi connectivity index (χ3n) is 3.15. The Morgan fingerprint density at radius 1 is 1.59 bits per heavy atom. The van der Waals surface area contributed by atoms with Gasteiger partial charge in [0.15, 0.2) is 0 Å². The molecule has 4 N–H and O–H groups in total. The van der Waals surface area contributed by atoms with Gasteiger partial charge >= 0.3 is 0 Å². The van der Waals surface area contributed by atoms with E-state index in [0.717, 1.165) is 29.7 Å². The molecule has 1 saturated carbocycles. The molecule has 0 amide bonds. The Balaban J connectivity index is 2.02. The zero-order valence-corrected chi connectivity index (χ0v) is 11.2. The number of hydrogen-bond donors (Lipinski definition) is 3. The second-order valence-electron chi connectivity index (χ2n) is 4.13. The number of ether oxygens (including phenoxy) is 1. The monoisotopic (exact) mass is 301 g/mol. The molecule has 17 heavy (non-hydrogen) atoms. The summed E-state index contributed by atoms with van der Waals surface area (Å²) in [7, 11) is 1.75. The van der Waals surface area contributed by atoms with Gasteiger partial charge in [-0.2, -0.15) is 4.98 Å². The van der Waals surface area contributed by atoms with Crippen molar-refractivity contribution >= 4 is 27.7 Å². The van der Waals surface area contributed by atoms with Gasteiger partial charge in [0.1, 0.15) is 5.82 Å². The van der Waals surface area contributed by atoms with Crippen molar-refractivity contribution in [1.29, 1.82) is 0 Å². The topological polar surface area (TPSA) is 85.1 Å². The number of nitrogens with one attached hydrogen (secondary N) is 2. The molecule has 1 fully saturated rings. The Labute approximate surface area is 108 Å². The highest BCUT2D eigenvalue weighted by Gasteiger charge is 2.36. The molecule has 0 aliphatic heterocycles. The molecular weight excluding hydrogens is 286 g/mol. The summed E-state index contributed by atoms with van der Waals surface area (Å²) in [6, 6.07) is 0. The molecule has 0 aromatic carbocycles. The largest absolute Gasteiger partial charge is 0.376 e. The number of nitrogen functional groups attached to an aromatic ring is 1. The summed E-state index contributed by atoms with van der Waals surface area (Å²) in [6.45, 7) is 0.739. The lowest BCUT2D eigenvalue weighted by molar-refractivity contribution is -0.0601. The first-order valence-electron chi connectivity index (χ1n) is 5.47. The number of halogens is 1. The first-order chi connectivity index (χ1) is 8.19. The highest BCUT2D eigenvalue weighted by Crippen LogP contribution is 2.35. The minimum atomic E-state index is -0.0410. The SMILES string of the molecule is COC1(CNc2nc(NN)ncc2Br)CCC1. The molecule has 1 heterocycles. The number of nitrogens with two attached hydrogens (primary N) is 1. The van der Waals surface area contributed by atoms with Gasteiger partial charge in [-0.1, -0.05) is 0 Å². The van der Waals surface area contributed by atoms with Crippen molar-refractivity contribution in [2.45, 2.75) is 24.9 Å². The van der Waals surface area contributed by atoms with E-state index in [2.05, 4.69) is 36.6 Å². The summed E-state index contributed by atoms with van der Waals surface area (Å²) in [5.74, 6) is 6.38. The van der Waals surface area contributed by atoms with Crippen LogP contribution in [0.2, 0.25) is 0 Å². The van der Waals surface area contributed by atoms with Gasteiger partial charge in [0.25, 0.3) is 0 Å². The quantitative estimate of drug-likeness (QED) is 0.565. The van der Waals surface area contributed by atoms with E-state index in [0.29, 0.717) is 5.95 Å². The fourth-order valence-electron chi connectivity index (χ4n) is 1.83. The van der Waals surface area contributed by atoms with Crippen LogP contribution in [0.4, 0.5) is 11.8 Å². The number of methoxy groups -OCH3 is 1. The van der Waals surface area contributed by atoms with E-state index < -0.39 is 0 Å². The molecule has 1 aliphatic rings. The smallest absolute Gasteiger partial charge is 0.239 e. The number of anilines is 2. The Kier molecular flexibility index (Phi) is 3.80. The van der Waals surface area contributed by atoms with E-state index in [1.54, 1.807) is 13.3 Å². The normalized spacial score (nSPS) is 17.4. The van der Waals surface area contributed by atoms with E-state index in [9.17, 15) is 0 Å². The number of aromatic nitrogens is 2. The molecule has 7 heteroatoms. The predicted molar refractivity (Wildman–Crippen MR) is 69.6 cm³/mol. The van der Waals surface area contributed by atoms with Gasteiger partial charge in [-0.25, -0.2) is 10.8 Å². The molecule has 0 radical (unpaired) electrons. The van der Waals surface area contributed by atoms with Crippen LogP contribution in [-0.4, -0.2) is 29.2 Å². The number of rotatable bonds is 5. The number of hydrogen-bond acceptors (Lipinski definition) is 6. The molecule has 2 rings (SSSR count). The molecule has 0 bridgehead atoms. The van der Waals surface area contributed by atoms with Gasteiger partial charge in [-0.3, -0.25) is 5.43 Å². The van der Waals surface area contributed by atoms with Gasteiger partial charge < -0.3 is 10.1 Å². The summed E-state index contributed by atoms with van der Waals surface area (Å²) >= 11 is 3.39. The summed E-state index contributed by atoms with van der Waals surface area (Å²) in [6.07, 6.45) is 5.04. The lowest BCUT2D eigenvalue weighted by Crippen LogP contribution is -2.45. The van der Waals surface area contributed by atoms with E-state index in [1.807, 2.05) is 0 Å². The van der Waals surface area contributed by atoms with Crippen molar-refractivity contribution in [3.63, 3.8) is 0 Å². The Bertz CT molecular complexity index is 391. The molecule has 1 aromatic rings. The van der Waals surface area contributed by atoms with Crippen molar-refractivity contribution in [1.82, 2.24) is 9.97 Å². The van der Waals surface area contributed by atoms with Gasteiger partial charge in [-0.05, 0) is 35.2 Å². The fourth-order valence-corrected chi connectivity index (χ4v) is 2.16. The Hall–Kier alpha value is -0.920. The third-order valence-corrected chi connectivity index (χ3v) is 3.73. The maximum Gasteiger partial charge on any atom is 0.239 e. The molecule has 1 aliphatic carbocycles. The molecule has 6 nitrogen and oxygen atoms in total. The van der Waals surface area contributed by atoms with Crippen LogP contribution in [0, 0.1) is 0 Å². The second-order valence-corrected chi connectivity index (χ2v) is 4.98. The number of hydrazine groups is 1. The standard InChI is InChI=1S/C10H16BrN5O/c1-17-10(3-2-4-10)6-14-8-7(11)5-13-9(15-8)16-12/h5H,2-4,6,12H2,1H3,(H2,13,14,15,16). The first-order valence-corrected chi connectivity index (χ1v) is 6.26. The zero-order valence-electron chi connectivity index (χ0n) is 9.66. The van der Waals surface area contributed by atoms with Crippen molar-refractivity contribution in [3.8, 4) is 0 Å². The fraction of sp³-hybridized carbons (Fsp3) is 0.600. The molecular formula is C10H16BrN5O. The molecule has 94 valence electrons. The van der Waals surface area contributed by atoms with Gasteiger partial charge in [-0.15, -0.1) is 0 Å². The van der Waals surface area contributed by atoms with Crippen LogP contribution in [0.15, 0.2) is 10.7 Å². The second kappa shape index (κ2) is 5.16. The summed E-state index contributed by atoms with van der Waals surface area (Å²) < 4.78 is 6.34. The van der Waals surface area contributed by atoms with Crippen molar-refractivity contribution in [3.05, 3.63) is 10.7 Å². The Morgan fingerprint density at radius 2 is 2.35 bits per heavy atom. The molecule has 0 spiro atoms. The van der Waals surface area contributed by atoms with Crippen molar-refractivity contribution < 1.29 is 4.74 Å². The van der Waals surface area contributed by atoms with Crippen LogP contribution in [0.25, 0.3) is 0 Å². The predicted octanol–water partition coefficient (Wildman–Crippen LogP) is 1.51. The third kappa shape index (κ3) is 2.67. The summed E-state index contributed by atoms with van der Waals surface area (Å²) in [4.78, 5) is 8.22. The van der Waals surface area contributed by atoms with Crippen LogP contribution in [0.1, 0.15) is 19.3 Å². The Morgan fingerprint density at radius 3 is 2.88 bits per heavy atom. The minimum absolute atomic E-state index is 0.0410. The first kappa shape index (κ1) is 12.5. The zero-order chi connectivity index (χ0) is 12.3. The summed E-state index contributed by atoms with van der Waals surface area (Å²) in [5.41, 5.74) is 2.38. The summed E-state index contributed by atoms with van der Waals surface area (Å²) in [5, 5.41) is 3.26. The van der Waals surface area contributed by atoms with E-state index in [-0.39, 0.29) is 5.60 Å². The van der Waals surface area contributed by atoms with Crippen LogP contribution >= 0.6 is 15.9 Å². The molecule has 0 saturated heterocycles. The maximum absolute atomic E-state index is 5.53. The molecule has 1 aromatic heterocycles. The molecule has 0 unspecified atom stereocenters. The van der Waals surface area contributed by atoms with Crippen LogP contribution in [0.3, 0.4) is 0 Å². The van der Waals surface area contributed by atoms with E-state index in [4.69, 9.17) is 10.6 Å². The highest BCUT2D eigenvalue weighted by molar-refractivity contribution is 9.10. The van der Waals surface area contributed by atoms with Gasteiger partial charge in [0.2, 0.25) is 5.95 Å². The van der Waals surface area contributed by atoms with Crippen LogP contribution < -0.4 is 16.6 Å². The van der Waals surface area contributed by atoms with E-state index in [1.165, 1.54) is 6.42 Å². The van der Waals surface area contributed by atoms with Crippen LogP contribution in [0.5, 0.6) is 0 Å². The van der Waals surface area contributed by atoms with Gasteiger partial charge in [0, 0.05) is 19.9 Å². The maximum atomic E-state index is 5.53. The van der Waals surface area contributed by atoms with Crippen LogP contribution in [-0.2, 0) is 4.74 Å². The molecule has 0 atom stereocenters. The lowest BCUT2D eigenvalue weighted by Gasteiger charge is -2.40.